The van der Waals surface area contributed by atoms with E-state index in [2.05, 4.69) is 15.3 Å². The van der Waals surface area contributed by atoms with Crippen molar-refractivity contribution in [3.05, 3.63) is 34.2 Å². The van der Waals surface area contributed by atoms with Crippen LogP contribution in [0.5, 0.6) is 5.75 Å². The molecule has 25 heavy (non-hydrogen) atoms. The van der Waals surface area contributed by atoms with E-state index in [0.717, 1.165) is 37.8 Å². The van der Waals surface area contributed by atoms with Crippen LogP contribution in [0.1, 0.15) is 38.5 Å². The number of unbranched alkanes of at least 4 members (excludes halogenated alkanes) is 3. The van der Waals surface area contributed by atoms with Crippen molar-refractivity contribution < 1.29 is 18.3 Å². The Balaban J connectivity index is 2.23. The number of benzene rings is 1. The molecule has 0 heterocycles. The highest BCUT2D eigenvalue weighted by atomic mass is 19.1. The molecule has 0 bridgehead atoms. The van der Waals surface area contributed by atoms with Gasteiger partial charge in [0.05, 0.1) is 6.61 Å². The molecule has 1 amide bonds. The molecule has 0 saturated carbocycles. The molecule has 0 aliphatic heterocycles. The van der Waals surface area contributed by atoms with Crippen molar-refractivity contribution in [1.29, 1.82) is 0 Å². The summed E-state index contributed by atoms with van der Waals surface area (Å²) in [6, 6.07) is 1.88. The summed E-state index contributed by atoms with van der Waals surface area (Å²) in [6.45, 7) is 1.46. The predicted molar refractivity (Wildman–Crippen MR) is 90.4 cm³/mol. The molecule has 0 unspecified atom stereocenters. The van der Waals surface area contributed by atoms with Gasteiger partial charge < -0.3 is 15.8 Å². The van der Waals surface area contributed by atoms with Gasteiger partial charge in [-0.05, 0) is 31.3 Å². The average molecular weight is 355 g/mol. The Morgan fingerprint density at radius 1 is 1.20 bits per heavy atom. The molecule has 0 aliphatic rings. The van der Waals surface area contributed by atoms with Gasteiger partial charge in [0, 0.05) is 30.0 Å². The Morgan fingerprint density at radius 3 is 2.52 bits per heavy atom. The van der Waals surface area contributed by atoms with Crippen molar-refractivity contribution in [2.24, 2.45) is 10.8 Å². The maximum Gasteiger partial charge on any atom is 0.220 e. The van der Waals surface area contributed by atoms with Crippen molar-refractivity contribution in [2.45, 2.75) is 38.5 Å². The second-order valence-electron chi connectivity index (χ2n) is 5.43. The number of nitrogens with two attached hydrogens (primary N) is 1. The van der Waals surface area contributed by atoms with Gasteiger partial charge >= 0.3 is 0 Å². The second-order valence-corrected chi connectivity index (χ2v) is 5.43. The molecular formula is C16H23F2N5O2. The standard InChI is InChI=1S/C16H23F2N5O2/c17-13-10-12(11-14(18)16(13)22-23-20)25-9-5-6-15(24)21-8-4-2-1-3-7-19/h10-11H,1-9,19H2,(H,21,24). The summed E-state index contributed by atoms with van der Waals surface area (Å²) >= 11 is 0. The third-order valence-corrected chi connectivity index (χ3v) is 3.41. The molecule has 1 aromatic carbocycles. The van der Waals surface area contributed by atoms with Crippen LogP contribution in [-0.4, -0.2) is 25.6 Å². The van der Waals surface area contributed by atoms with Crippen LogP contribution in [0.3, 0.4) is 0 Å². The lowest BCUT2D eigenvalue weighted by Gasteiger charge is -2.08. The average Bonchev–Trinajstić information content (AvgIpc) is 2.58. The fraction of sp³-hybridized carbons (Fsp3) is 0.562. The molecule has 1 rings (SSSR count). The lowest BCUT2D eigenvalue weighted by molar-refractivity contribution is -0.121. The van der Waals surface area contributed by atoms with Crippen LogP contribution in [0.15, 0.2) is 17.2 Å². The largest absolute Gasteiger partial charge is 0.493 e. The Kier molecular flexibility index (Phi) is 9.96. The predicted octanol–water partition coefficient (Wildman–Crippen LogP) is 3.70. The summed E-state index contributed by atoms with van der Waals surface area (Å²) in [6.07, 6.45) is 4.69. The maximum absolute atomic E-state index is 13.5. The minimum absolute atomic E-state index is 0.0211. The highest BCUT2D eigenvalue weighted by Gasteiger charge is 2.10. The summed E-state index contributed by atoms with van der Waals surface area (Å²) < 4.78 is 32.3. The minimum atomic E-state index is -1.000. The number of hydrogen-bond donors (Lipinski definition) is 2. The van der Waals surface area contributed by atoms with E-state index in [0.29, 0.717) is 19.5 Å². The first-order valence-electron chi connectivity index (χ1n) is 8.22. The Hall–Kier alpha value is -2.38. The normalized spacial score (nSPS) is 10.2. The summed E-state index contributed by atoms with van der Waals surface area (Å²) in [5.41, 5.74) is 12.9. The summed E-state index contributed by atoms with van der Waals surface area (Å²) in [4.78, 5) is 14.0. The van der Waals surface area contributed by atoms with Crippen LogP contribution in [0.25, 0.3) is 10.4 Å². The number of rotatable bonds is 12. The summed E-state index contributed by atoms with van der Waals surface area (Å²) in [7, 11) is 0. The number of carbonyl (C=O) groups is 1. The van der Waals surface area contributed by atoms with E-state index in [1.54, 1.807) is 0 Å². The number of halogens is 2. The topological polar surface area (TPSA) is 113 Å². The van der Waals surface area contributed by atoms with Crippen LogP contribution in [0.4, 0.5) is 14.5 Å². The number of azide groups is 1. The molecule has 0 radical (unpaired) electrons. The number of amides is 1. The summed E-state index contributed by atoms with van der Waals surface area (Å²) in [5, 5.41) is 5.74. The third-order valence-electron chi connectivity index (χ3n) is 3.41. The highest BCUT2D eigenvalue weighted by Crippen LogP contribution is 2.27. The van der Waals surface area contributed by atoms with Crippen molar-refractivity contribution in [1.82, 2.24) is 5.32 Å². The first-order chi connectivity index (χ1) is 12.1. The van der Waals surface area contributed by atoms with Crippen LogP contribution < -0.4 is 15.8 Å². The molecule has 0 aliphatic carbocycles. The molecular weight excluding hydrogens is 332 g/mol. The van der Waals surface area contributed by atoms with Crippen molar-refractivity contribution in [2.75, 3.05) is 19.7 Å². The number of nitrogens with one attached hydrogen (secondary N) is 1. The van der Waals surface area contributed by atoms with Crippen LogP contribution in [-0.2, 0) is 4.79 Å². The van der Waals surface area contributed by atoms with Gasteiger partial charge in [0.15, 0.2) is 0 Å². The zero-order valence-corrected chi connectivity index (χ0v) is 14.0. The first kappa shape index (κ1) is 20.7. The fourth-order valence-corrected chi connectivity index (χ4v) is 2.13. The molecule has 138 valence electrons. The molecule has 3 N–H and O–H groups in total. The van der Waals surface area contributed by atoms with Crippen LogP contribution in [0.2, 0.25) is 0 Å². The SMILES string of the molecule is [N-]=[N+]=Nc1c(F)cc(OCCCC(=O)NCCCCCCN)cc1F. The van der Waals surface area contributed by atoms with E-state index in [1.807, 2.05) is 0 Å². The second kappa shape index (κ2) is 12.0. The molecule has 0 atom stereocenters. The number of nitrogens with zero attached hydrogens (tertiary/aromatic N) is 3. The maximum atomic E-state index is 13.5. The number of ether oxygens (including phenoxy) is 1. The smallest absolute Gasteiger partial charge is 0.220 e. The van der Waals surface area contributed by atoms with Gasteiger partial charge in [0.2, 0.25) is 5.91 Å². The van der Waals surface area contributed by atoms with Gasteiger partial charge in [-0.1, -0.05) is 18.0 Å². The molecule has 0 fully saturated rings. The molecule has 0 spiro atoms. The van der Waals surface area contributed by atoms with Gasteiger partial charge in [0.1, 0.15) is 23.1 Å². The van der Waals surface area contributed by atoms with E-state index < -0.39 is 17.3 Å². The molecule has 0 aromatic heterocycles. The Labute approximate surface area is 145 Å². The number of carbonyl (C=O) groups excluding carboxylic acids is 1. The molecule has 9 heteroatoms. The molecule has 1 aromatic rings. The van der Waals surface area contributed by atoms with Gasteiger partial charge in [-0.25, -0.2) is 8.78 Å². The highest BCUT2D eigenvalue weighted by molar-refractivity contribution is 5.75. The van der Waals surface area contributed by atoms with Crippen molar-refractivity contribution >= 4 is 11.6 Å². The third kappa shape index (κ3) is 8.32. The van der Waals surface area contributed by atoms with Gasteiger partial charge in [-0.2, -0.15) is 0 Å². The van der Waals surface area contributed by atoms with Crippen molar-refractivity contribution in [3.63, 3.8) is 0 Å². The van der Waals surface area contributed by atoms with Crippen LogP contribution >= 0.6 is 0 Å². The zero-order valence-electron chi connectivity index (χ0n) is 14.0. The Bertz CT molecular complexity index is 583. The van der Waals surface area contributed by atoms with E-state index >= 15 is 0 Å². The van der Waals surface area contributed by atoms with Crippen molar-refractivity contribution in [3.8, 4) is 5.75 Å². The lowest BCUT2D eigenvalue weighted by Crippen LogP contribution is -2.24. The van der Waals surface area contributed by atoms with Gasteiger partial charge in [-0.3, -0.25) is 4.79 Å². The van der Waals surface area contributed by atoms with E-state index in [1.165, 1.54) is 0 Å². The Morgan fingerprint density at radius 2 is 1.88 bits per heavy atom. The van der Waals surface area contributed by atoms with E-state index in [9.17, 15) is 13.6 Å². The fourth-order valence-electron chi connectivity index (χ4n) is 2.13. The van der Waals surface area contributed by atoms with E-state index in [-0.39, 0.29) is 24.7 Å². The zero-order chi connectivity index (χ0) is 18.5. The summed E-state index contributed by atoms with van der Waals surface area (Å²) in [5.74, 6) is -2.11. The molecule has 7 nitrogen and oxygen atoms in total. The quantitative estimate of drug-likeness (QED) is 0.258. The van der Waals surface area contributed by atoms with E-state index in [4.69, 9.17) is 16.0 Å². The first-order valence-corrected chi connectivity index (χ1v) is 8.22. The minimum Gasteiger partial charge on any atom is -0.493 e. The van der Waals surface area contributed by atoms with Crippen LogP contribution in [0, 0.1) is 11.6 Å². The van der Waals surface area contributed by atoms with Gasteiger partial charge in [0.25, 0.3) is 0 Å². The number of hydrogen-bond acceptors (Lipinski definition) is 4. The van der Waals surface area contributed by atoms with Gasteiger partial charge in [-0.15, -0.1) is 0 Å². The molecule has 0 saturated heterocycles. The monoisotopic (exact) mass is 355 g/mol. The lowest BCUT2D eigenvalue weighted by atomic mass is 10.2.